The molecule has 3 rings (SSSR count). The molecule has 3 aromatic rings. The molecule has 0 fully saturated rings. The zero-order chi connectivity index (χ0) is 13.9. The topological polar surface area (TPSA) is 42.4 Å². The highest BCUT2D eigenvalue weighted by Gasteiger charge is 2.02. The summed E-state index contributed by atoms with van der Waals surface area (Å²) in [6.45, 7) is -0.0943. The van der Waals surface area contributed by atoms with Crippen molar-refractivity contribution in [1.82, 2.24) is 4.98 Å². The Kier molecular flexibility index (Phi) is 3.67. The smallest absolute Gasteiger partial charge is 0.130 e. The van der Waals surface area contributed by atoms with Gasteiger partial charge >= 0.3 is 0 Å². The Morgan fingerprint density at radius 3 is 2.55 bits per heavy atom. The molecule has 0 atom stereocenters. The maximum absolute atomic E-state index is 9.07. The number of benzene rings is 2. The number of rotatable bonds is 3. The number of hydrogen-bond donors (Lipinski definition) is 1. The van der Waals surface area contributed by atoms with Crippen molar-refractivity contribution < 1.29 is 9.84 Å². The Labute approximate surface area is 125 Å². The van der Waals surface area contributed by atoms with Crippen LogP contribution in [-0.4, -0.2) is 10.1 Å². The van der Waals surface area contributed by atoms with Gasteiger partial charge in [-0.2, -0.15) is 0 Å². The second-order valence-corrected chi connectivity index (χ2v) is 5.31. The van der Waals surface area contributed by atoms with Crippen molar-refractivity contribution in [2.75, 3.05) is 0 Å². The van der Waals surface area contributed by atoms with E-state index >= 15 is 0 Å². The van der Waals surface area contributed by atoms with Crippen LogP contribution in [0.3, 0.4) is 0 Å². The Bertz CT molecular complexity index is 758. The van der Waals surface area contributed by atoms with Crippen LogP contribution in [0.4, 0.5) is 0 Å². The lowest BCUT2D eigenvalue weighted by molar-refractivity contribution is 0.276. The minimum atomic E-state index is -0.0943. The van der Waals surface area contributed by atoms with E-state index < -0.39 is 0 Å². The highest BCUT2D eigenvalue weighted by Crippen LogP contribution is 2.27. The average Bonchev–Trinajstić information content (AvgIpc) is 2.47. The molecule has 3 nitrogen and oxygen atoms in total. The summed E-state index contributed by atoms with van der Waals surface area (Å²) in [5, 5.41) is 11.3. The highest BCUT2D eigenvalue weighted by atomic mass is 79.9. The SMILES string of the molecule is OCc1cc(Oc2ccc3cc(Br)ccc3c2)ccn1. The fraction of sp³-hybridized carbons (Fsp3) is 0.0625. The molecular weight excluding hydrogens is 318 g/mol. The molecule has 0 unspecified atom stereocenters. The van der Waals surface area contributed by atoms with Crippen molar-refractivity contribution in [1.29, 1.82) is 0 Å². The molecule has 0 aliphatic rings. The Morgan fingerprint density at radius 1 is 0.950 bits per heavy atom. The van der Waals surface area contributed by atoms with Crippen LogP contribution in [0.25, 0.3) is 10.8 Å². The second-order valence-electron chi connectivity index (χ2n) is 4.40. The maximum Gasteiger partial charge on any atom is 0.130 e. The van der Waals surface area contributed by atoms with Crippen LogP contribution in [0.5, 0.6) is 11.5 Å². The van der Waals surface area contributed by atoms with Gasteiger partial charge in [-0.25, -0.2) is 0 Å². The first-order chi connectivity index (χ1) is 9.74. The molecule has 0 saturated heterocycles. The van der Waals surface area contributed by atoms with Gasteiger partial charge in [-0.15, -0.1) is 0 Å². The predicted octanol–water partition coefficient (Wildman–Crippen LogP) is 4.28. The summed E-state index contributed by atoms with van der Waals surface area (Å²) in [5.41, 5.74) is 0.590. The molecule has 100 valence electrons. The zero-order valence-corrected chi connectivity index (χ0v) is 12.2. The van der Waals surface area contributed by atoms with Crippen molar-refractivity contribution in [3.8, 4) is 11.5 Å². The summed E-state index contributed by atoms with van der Waals surface area (Å²) in [4.78, 5) is 4.02. The van der Waals surface area contributed by atoms with Crippen molar-refractivity contribution >= 4 is 26.7 Å². The van der Waals surface area contributed by atoms with Crippen molar-refractivity contribution in [2.45, 2.75) is 6.61 Å². The summed E-state index contributed by atoms with van der Waals surface area (Å²) in [6.07, 6.45) is 1.62. The molecule has 1 N–H and O–H groups in total. The van der Waals surface area contributed by atoms with Crippen molar-refractivity contribution in [2.24, 2.45) is 0 Å². The molecule has 0 aliphatic heterocycles. The molecule has 0 aliphatic carbocycles. The molecule has 0 amide bonds. The normalized spacial score (nSPS) is 10.7. The first kappa shape index (κ1) is 13.1. The van der Waals surface area contributed by atoms with Gasteiger partial charge in [0.15, 0.2) is 0 Å². The van der Waals surface area contributed by atoms with E-state index in [1.165, 1.54) is 0 Å². The van der Waals surface area contributed by atoms with E-state index in [9.17, 15) is 0 Å². The Hall–Kier alpha value is -1.91. The molecule has 0 radical (unpaired) electrons. The molecule has 0 spiro atoms. The molecule has 1 heterocycles. The third-order valence-corrected chi connectivity index (χ3v) is 3.45. The minimum Gasteiger partial charge on any atom is -0.457 e. The fourth-order valence-corrected chi connectivity index (χ4v) is 2.38. The number of hydrogen-bond acceptors (Lipinski definition) is 3. The van der Waals surface area contributed by atoms with Gasteiger partial charge in [-0.3, -0.25) is 4.98 Å². The summed E-state index contributed by atoms with van der Waals surface area (Å²) in [5.74, 6) is 1.43. The highest BCUT2D eigenvalue weighted by molar-refractivity contribution is 9.10. The second kappa shape index (κ2) is 5.61. The number of pyridine rings is 1. The first-order valence-corrected chi connectivity index (χ1v) is 6.97. The van der Waals surface area contributed by atoms with Crippen LogP contribution >= 0.6 is 15.9 Å². The standard InChI is InChI=1S/C16H12BrNO2/c17-13-3-1-12-8-15(4-2-11(12)7-13)20-16-5-6-18-14(9-16)10-19/h1-9,19H,10H2. The third-order valence-electron chi connectivity index (χ3n) is 2.96. The number of halogens is 1. The van der Waals surface area contributed by atoms with E-state index in [1.807, 2.05) is 30.3 Å². The third kappa shape index (κ3) is 2.81. The zero-order valence-electron chi connectivity index (χ0n) is 10.6. The van der Waals surface area contributed by atoms with Gasteiger partial charge in [-0.05, 0) is 41.1 Å². The summed E-state index contributed by atoms with van der Waals surface area (Å²) < 4.78 is 6.85. The van der Waals surface area contributed by atoms with E-state index in [0.29, 0.717) is 11.4 Å². The minimum absolute atomic E-state index is 0.0943. The van der Waals surface area contributed by atoms with Gasteiger partial charge < -0.3 is 9.84 Å². The number of aliphatic hydroxyl groups excluding tert-OH is 1. The quantitative estimate of drug-likeness (QED) is 0.779. The van der Waals surface area contributed by atoms with Crippen LogP contribution in [0, 0.1) is 0 Å². The number of nitrogens with zero attached hydrogens (tertiary/aromatic N) is 1. The number of aromatic nitrogens is 1. The number of aliphatic hydroxyl groups is 1. The Balaban J connectivity index is 1.92. The number of fused-ring (bicyclic) bond motifs is 1. The van der Waals surface area contributed by atoms with Crippen molar-refractivity contribution in [3.05, 3.63) is 64.9 Å². The van der Waals surface area contributed by atoms with Gasteiger partial charge in [0.05, 0.1) is 12.3 Å². The largest absolute Gasteiger partial charge is 0.457 e. The summed E-state index contributed by atoms with van der Waals surface area (Å²) in [6, 6.07) is 15.5. The molecule has 20 heavy (non-hydrogen) atoms. The number of ether oxygens (including phenoxy) is 1. The fourth-order valence-electron chi connectivity index (χ4n) is 2.00. The van der Waals surface area contributed by atoms with Gasteiger partial charge in [0.25, 0.3) is 0 Å². The summed E-state index contributed by atoms with van der Waals surface area (Å²) >= 11 is 3.46. The Morgan fingerprint density at radius 2 is 1.70 bits per heavy atom. The van der Waals surface area contributed by atoms with E-state index in [-0.39, 0.29) is 6.61 Å². The predicted molar refractivity (Wildman–Crippen MR) is 81.9 cm³/mol. The maximum atomic E-state index is 9.07. The van der Waals surface area contributed by atoms with Crippen LogP contribution < -0.4 is 4.74 Å². The van der Waals surface area contributed by atoms with Crippen LogP contribution in [0.15, 0.2) is 59.2 Å². The lowest BCUT2D eigenvalue weighted by Crippen LogP contribution is -1.90. The van der Waals surface area contributed by atoms with Crippen LogP contribution in [0.1, 0.15) is 5.69 Å². The van der Waals surface area contributed by atoms with E-state index in [2.05, 4.69) is 27.0 Å². The monoisotopic (exact) mass is 329 g/mol. The van der Waals surface area contributed by atoms with Crippen molar-refractivity contribution in [3.63, 3.8) is 0 Å². The molecular formula is C16H12BrNO2. The van der Waals surface area contributed by atoms with E-state index in [4.69, 9.17) is 9.84 Å². The van der Waals surface area contributed by atoms with Gasteiger partial charge in [0, 0.05) is 16.7 Å². The molecule has 0 bridgehead atoms. The lowest BCUT2D eigenvalue weighted by Gasteiger charge is -2.08. The van der Waals surface area contributed by atoms with Gasteiger partial charge in [-0.1, -0.05) is 28.1 Å². The average molecular weight is 330 g/mol. The molecule has 4 heteroatoms. The molecule has 2 aromatic carbocycles. The van der Waals surface area contributed by atoms with E-state index in [1.54, 1.807) is 18.3 Å². The van der Waals surface area contributed by atoms with E-state index in [0.717, 1.165) is 21.0 Å². The van der Waals surface area contributed by atoms with Crippen LogP contribution in [-0.2, 0) is 6.61 Å². The lowest BCUT2D eigenvalue weighted by atomic mass is 10.1. The summed E-state index contributed by atoms with van der Waals surface area (Å²) in [7, 11) is 0. The molecule has 0 saturated carbocycles. The first-order valence-electron chi connectivity index (χ1n) is 6.17. The molecule has 1 aromatic heterocycles. The van der Waals surface area contributed by atoms with Crippen LogP contribution in [0.2, 0.25) is 0 Å². The van der Waals surface area contributed by atoms with Gasteiger partial charge in [0.2, 0.25) is 0 Å². The van der Waals surface area contributed by atoms with Gasteiger partial charge in [0.1, 0.15) is 11.5 Å².